The molecule has 1 aromatic rings. The van der Waals surface area contributed by atoms with Crippen LogP contribution in [-0.2, 0) is 14.9 Å². The van der Waals surface area contributed by atoms with Gasteiger partial charge in [-0.2, -0.15) is 0 Å². The van der Waals surface area contributed by atoms with E-state index in [-0.39, 0.29) is 22.8 Å². The van der Waals surface area contributed by atoms with Crippen LogP contribution in [0.2, 0.25) is 0 Å². The van der Waals surface area contributed by atoms with Crippen LogP contribution in [0.15, 0.2) is 23.1 Å². The number of aromatic carboxylic acids is 1. The second-order valence-corrected chi connectivity index (χ2v) is 5.27. The van der Waals surface area contributed by atoms with E-state index in [4.69, 9.17) is 14.7 Å². The number of ether oxygens (including phenoxy) is 1. The minimum atomic E-state index is -3.98. The second-order valence-electron chi connectivity index (χ2n) is 3.48. The monoisotopic (exact) mass is 289 g/mol. The molecule has 1 aromatic carbocycles. The first-order valence-electron chi connectivity index (χ1n) is 5.36. The fourth-order valence-corrected chi connectivity index (χ4v) is 2.96. The van der Waals surface area contributed by atoms with Gasteiger partial charge in [-0.3, -0.25) is 4.84 Å². The maximum Gasteiger partial charge on any atom is 0.335 e. The Kier molecular flexibility index (Phi) is 4.87. The Morgan fingerprint density at radius 1 is 1.37 bits per heavy atom. The molecule has 19 heavy (non-hydrogen) atoms. The Bertz CT molecular complexity index is 565. The van der Waals surface area contributed by atoms with Crippen molar-refractivity contribution >= 4 is 16.0 Å². The minimum Gasteiger partial charge on any atom is -0.495 e. The zero-order chi connectivity index (χ0) is 14.6. The highest BCUT2D eigenvalue weighted by molar-refractivity contribution is 7.89. The second kappa shape index (κ2) is 6.00. The smallest absolute Gasteiger partial charge is 0.335 e. The Labute approximate surface area is 111 Å². The normalized spacial score (nSPS) is 11.6. The van der Waals surface area contributed by atoms with Crippen molar-refractivity contribution in [3.8, 4) is 5.75 Å². The predicted molar refractivity (Wildman–Crippen MR) is 66.5 cm³/mol. The zero-order valence-electron chi connectivity index (χ0n) is 10.8. The lowest BCUT2D eigenvalue weighted by molar-refractivity contribution is -0.0443. The quantitative estimate of drug-likeness (QED) is 0.784. The summed E-state index contributed by atoms with van der Waals surface area (Å²) < 4.78 is 30.3. The lowest BCUT2D eigenvalue weighted by Gasteiger charge is -2.19. The predicted octanol–water partition coefficient (Wildman–Crippen LogP) is 0.965. The molecule has 0 aliphatic rings. The fraction of sp³-hybridized carbons (Fsp3) is 0.364. The highest BCUT2D eigenvalue weighted by atomic mass is 32.2. The first kappa shape index (κ1) is 15.4. The van der Waals surface area contributed by atoms with Crippen molar-refractivity contribution in [1.82, 2.24) is 4.47 Å². The third-order valence-electron chi connectivity index (χ3n) is 2.42. The summed E-state index contributed by atoms with van der Waals surface area (Å²) in [5.41, 5.74) is -0.147. The number of sulfonamides is 1. The average molecular weight is 289 g/mol. The molecule has 0 saturated heterocycles. The van der Waals surface area contributed by atoms with Gasteiger partial charge in [-0.05, 0) is 25.1 Å². The molecule has 0 saturated carbocycles. The van der Waals surface area contributed by atoms with Crippen molar-refractivity contribution in [2.24, 2.45) is 0 Å². The molecule has 1 N–H and O–H groups in total. The highest BCUT2D eigenvalue weighted by Gasteiger charge is 2.28. The maximum absolute atomic E-state index is 12.3. The van der Waals surface area contributed by atoms with Crippen molar-refractivity contribution in [3.05, 3.63) is 23.8 Å². The molecule has 106 valence electrons. The number of hydrogen-bond donors (Lipinski definition) is 1. The van der Waals surface area contributed by atoms with Gasteiger partial charge in [0, 0.05) is 6.54 Å². The van der Waals surface area contributed by atoms with Crippen LogP contribution in [0.25, 0.3) is 0 Å². The van der Waals surface area contributed by atoms with Gasteiger partial charge in [0.1, 0.15) is 10.6 Å². The molecule has 8 heteroatoms. The molecule has 0 bridgehead atoms. The molecule has 0 atom stereocenters. The number of hydrogen-bond acceptors (Lipinski definition) is 5. The summed E-state index contributed by atoms with van der Waals surface area (Å²) in [6, 6.07) is 3.60. The molecular formula is C11H15NO6S. The van der Waals surface area contributed by atoms with E-state index in [9.17, 15) is 13.2 Å². The summed E-state index contributed by atoms with van der Waals surface area (Å²) in [5, 5.41) is 8.91. The van der Waals surface area contributed by atoms with E-state index in [0.717, 1.165) is 10.5 Å². The van der Waals surface area contributed by atoms with Gasteiger partial charge in [-0.1, -0.05) is 4.47 Å². The van der Waals surface area contributed by atoms with Crippen LogP contribution >= 0.6 is 0 Å². The molecule has 7 nitrogen and oxygen atoms in total. The van der Waals surface area contributed by atoms with E-state index in [1.807, 2.05) is 0 Å². The number of benzene rings is 1. The number of carbonyl (C=O) groups is 1. The number of methoxy groups -OCH3 is 1. The Balaban J connectivity index is 3.46. The van der Waals surface area contributed by atoms with Gasteiger partial charge in [-0.15, -0.1) is 0 Å². The van der Waals surface area contributed by atoms with Crippen LogP contribution < -0.4 is 4.74 Å². The summed E-state index contributed by atoms with van der Waals surface area (Å²) >= 11 is 0. The van der Waals surface area contributed by atoms with Crippen molar-refractivity contribution in [3.63, 3.8) is 0 Å². The van der Waals surface area contributed by atoms with E-state index in [2.05, 4.69) is 0 Å². The molecule has 0 heterocycles. The summed E-state index contributed by atoms with van der Waals surface area (Å²) in [4.78, 5) is 15.4. The number of rotatable bonds is 6. The maximum atomic E-state index is 12.3. The molecule has 0 amide bonds. The van der Waals surface area contributed by atoms with Crippen LogP contribution in [-0.4, -0.2) is 44.7 Å². The van der Waals surface area contributed by atoms with Gasteiger partial charge in [0.2, 0.25) is 0 Å². The first-order chi connectivity index (χ1) is 8.88. The third kappa shape index (κ3) is 3.03. The lowest BCUT2D eigenvalue weighted by atomic mass is 10.2. The average Bonchev–Trinajstić information content (AvgIpc) is 2.38. The van der Waals surface area contributed by atoms with E-state index in [1.54, 1.807) is 6.92 Å². The molecule has 0 spiro atoms. The summed E-state index contributed by atoms with van der Waals surface area (Å²) in [6.45, 7) is 1.67. The molecule has 0 fully saturated rings. The highest BCUT2D eigenvalue weighted by Crippen LogP contribution is 2.27. The molecule has 0 radical (unpaired) electrons. The van der Waals surface area contributed by atoms with E-state index >= 15 is 0 Å². The number of carboxylic acids is 1. The van der Waals surface area contributed by atoms with Crippen LogP contribution in [0.3, 0.4) is 0 Å². The van der Waals surface area contributed by atoms with Gasteiger partial charge >= 0.3 is 5.97 Å². The summed E-state index contributed by atoms with van der Waals surface area (Å²) in [7, 11) is -1.46. The first-order valence-corrected chi connectivity index (χ1v) is 6.80. The largest absolute Gasteiger partial charge is 0.495 e. The van der Waals surface area contributed by atoms with Crippen molar-refractivity contribution < 1.29 is 27.9 Å². The van der Waals surface area contributed by atoms with E-state index in [0.29, 0.717) is 0 Å². The lowest BCUT2D eigenvalue weighted by Crippen LogP contribution is -2.30. The molecule has 0 unspecified atom stereocenters. The number of carboxylic acid groups (broad SMARTS) is 1. The van der Waals surface area contributed by atoms with Crippen LogP contribution in [0.5, 0.6) is 5.75 Å². The fourth-order valence-electron chi connectivity index (χ4n) is 1.52. The van der Waals surface area contributed by atoms with Crippen LogP contribution in [0.1, 0.15) is 17.3 Å². The van der Waals surface area contributed by atoms with Gasteiger partial charge in [-0.25, -0.2) is 13.2 Å². The van der Waals surface area contributed by atoms with Crippen LogP contribution in [0.4, 0.5) is 0 Å². The Hall–Kier alpha value is -1.64. The number of hydroxylamine groups is 1. The minimum absolute atomic E-state index is 0.0560. The molecular weight excluding hydrogens is 274 g/mol. The summed E-state index contributed by atoms with van der Waals surface area (Å²) in [6.07, 6.45) is 0. The Morgan fingerprint density at radius 2 is 2.00 bits per heavy atom. The molecule has 0 aliphatic heterocycles. The van der Waals surface area contributed by atoms with Crippen molar-refractivity contribution in [2.75, 3.05) is 20.8 Å². The third-order valence-corrected chi connectivity index (χ3v) is 4.24. The van der Waals surface area contributed by atoms with E-state index < -0.39 is 16.0 Å². The standard InChI is InChI=1S/C11H15NO6S/c1-4-12(18-3)19(15,16)10-7-8(11(13)14)5-6-9(10)17-2/h5-7H,4H2,1-3H3,(H,13,14). The van der Waals surface area contributed by atoms with Crippen molar-refractivity contribution in [1.29, 1.82) is 0 Å². The van der Waals surface area contributed by atoms with Crippen molar-refractivity contribution in [2.45, 2.75) is 11.8 Å². The summed E-state index contributed by atoms with van der Waals surface area (Å²) in [5.74, 6) is -1.17. The number of nitrogens with zero attached hydrogens (tertiary/aromatic N) is 1. The molecule has 0 aliphatic carbocycles. The topological polar surface area (TPSA) is 93.1 Å². The SMILES string of the molecule is CCN(OC)S(=O)(=O)c1cc(C(=O)O)ccc1OC. The Morgan fingerprint density at radius 3 is 2.42 bits per heavy atom. The van der Waals surface area contributed by atoms with Gasteiger partial charge < -0.3 is 9.84 Å². The van der Waals surface area contributed by atoms with E-state index in [1.165, 1.54) is 26.4 Å². The molecule has 0 aromatic heterocycles. The molecule has 1 rings (SSSR count). The van der Waals surface area contributed by atoms with Gasteiger partial charge in [0.15, 0.2) is 0 Å². The van der Waals surface area contributed by atoms with Crippen LogP contribution in [0, 0.1) is 0 Å². The van der Waals surface area contributed by atoms with Gasteiger partial charge in [0.05, 0.1) is 19.8 Å². The zero-order valence-corrected chi connectivity index (χ0v) is 11.6. The van der Waals surface area contributed by atoms with Gasteiger partial charge in [0.25, 0.3) is 10.0 Å².